The first kappa shape index (κ1) is 20.4. The van der Waals surface area contributed by atoms with Crippen molar-refractivity contribution in [2.45, 2.75) is 11.0 Å². The van der Waals surface area contributed by atoms with Gasteiger partial charge in [0.05, 0.1) is 0 Å². The van der Waals surface area contributed by atoms with Crippen LogP contribution < -0.4 is 0 Å². The summed E-state index contributed by atoms with van der Waals surface area (Å²) in [5.74, 6) is 0. The van der Waals surface area contributed by atoms with Gasteiger partial charge >= 0.3 is 134 Å². The van der Waals surface area contributed by atoms with Crippen molar-refractivity contribution < 1.29 is 48.2 Å². The number of hydrogen-bond acceptors (Lipinski definition) is 6. The molecule has 0 amide bonds. The second-order valence-corrected chi connectivity index (χ2v) is 11.1. The first-order valence-electron chi connectivity index (χ1n) is 4.95. The van der Waals surface area contributed by atoms with Gasteiger partial charge in [0.1, 0.15) is 0 Å². The predicted octanol–water partition coefficient (Wildman–Crippen LogP) is 2.93. The van der Waals surface area contributed by atoms with E-state index in [0.29, 0.717) is 0 Å². The van der Waals surface area contributed by atoms with Gasteiger partial charge in [0.15, 0.2) is 0 Å². The van der Waals surface area contributed by atoms with Crippen molar-refractivity contribution >= 4 is 40.9 Å². The zero-order valence-corrected chi connectivity index (χ0v) is 14.1. The van der Waals surface area contributed by atoms with Gasteiger partial charge in [-0.2, -0.15) is 0 Å². The van der Waals surface area contributed by atoms with Crippen molar-refractivity contribution in [3.8, 4) is 0 Å². The molecule has 0 fully saturated rings. The van der Waals surface area contributed by atoms with Crippen molar-refractivity contribution in [3.05, 3.63) is 33.9 Å². The summed E-state index contributed by atoms with van der Waals surface area (Å²) in [7, 11) is -12.7. The average Bonchev–Trinajstić information content (AvgIpc) is 2.35. The van der Waals surface area contributed by atoms with Crippen molar-refractivity contribution in [1.29, 1.82) is 0 Å². The van der Waals surface area contributed by atoms with Crippen LogP contribution in [0.4, 0.5) is 26.3 Å². The van der Waals surface area contributed by atoms with Gasteiger partial charge in [-0.05, 0) is 0 Å². The molecule has 0 aliphatic heterocycles. The Morgan fingerprint density at radius 1 is 0.739 bits per heavy atom. The molecule has 0 saturated heterocycles. The molecule has 0 unspecified atom stereocenters. The molecule has 1 aromatic carbocycles. The molecule has 15 heteroatoms. The van der Waals surface area contributed by atoms with Crippen LogP contribution in [-0.2, 0) is 25.3 Å². The van der Waals surface area contributed by atoms with Crippen LogP contribution in [0.5, 0.6) is 0 Å². The summed E-state index contributed by atoms with van der Waals surface area (Å²) in [6.45, 7) is 0. The average molecular weight is 502 g/mol. The third-order valence-corrected chi connectivity index (χ3v) is 9.99. The molecule has 0 heterocycles. The van der Waals surface area contributed by atoms with Crippen molar-refractivity contribution in [2.75, 3.05) is 0 Å². The zero-order valence-electron chi connectivity index (χ0n) is 10.3. The molecule has 0 saturated carbocycles. The number of halogens is 7. The Labute approximate surface area is 134 Å². The molecule has 0 aliphatic carbocycles. The minimum absolute atomic E-state index is 0.544. The number of alkyl halides is 6. The molecule has 134 valence electrons. The maximum absolute atomic E-state index is 12.3. The molecule has 0 bridgehead atoms. The third-order valence-electron chi connectivity index (χ3n) is 1.76. The van der Waals surface area contributed by atoms with Crippen LogP contribution in [0.1, 0.15) is 0 Å². The van der Waals surface area contributed by atoms with E-state index in [9.17, 15) is 43.2 Å². The van der Waals surface area contributed by atoms with E-state index in [0.717, 1.165) is 24.3 Å². The molecule has 1 rings (SSSR count). The van der Waals surface area contributed by atoms with E-state index in [1.54, 1.807) is 0 Å². The Hall–Kier alpha value is -0.650. The number of rotatable bonds is 5. The zero-order chi connectivity index (χ0) is 18.1. The van der Waals surface area contributed by atoms with Crippen LogP contribution in [0.15, 0.2) is 30.3 Å². The monoisotopic (exact) mass is 502 g/mol. The first-order valence-corrected chi connectivity index (χ1v) is 10.6. The van der Waals surface area contributed by atoms with E-state index in [1.165, 1.54) is 6.07 Å². The number of benzene rings is 1. The summed E-state index contributed by atoms with van der Waals surface area (Å²) in [6, 6.07) is 5.29. The van der Waals surface area contributed by atoms with E-state index in [4.69, 9.17) is 0 Å². The molecular weight excluding hydrogens is 497 g/mol. The summed E-state index contributed by atoms with van der Waals surface area (Å²) in [5, 5.41) is 0. The van der Waals surface area contributed by atoms with E-state index in [-0.39, 0.29) is 0 Å². The number of hydrogen-bond donors (Lipinski definition) is 0. The fraction of sp³-hybridized carbons (Fsp3) is 0.250. The molecule has 0 aromatic heterocycles. The molecule has 0 N–H and O–H groups in total. The topological polar surface area (TPSA) is 86.7 Å². The van der Waals surface area contributed by atoms with E-state index < -0.39 is 55.5 Å². The molecule has 0 atom stereocenters. The van der Waals surface area contributed by atoms with Crippen LogP contribution in [0.2, 0.25) is 0 Å². The molecule has 0 radical (unpaired) electrons. The minimum atomic E-state index is -6.35. The fourth-order valence-electron chi connectivity index (χ4n) is 0.823. The second-order valence-electron chi connectivity index (χ2n) is 3.44. The van der Waals surface area contributed by atoms with Gasteiger partial charge in [-0.25, -0.2) is 0 Å². The molecule has 23 heavy (non-hydrogen) atoms. The summed E-state index contributed by atoms with van der Waals surface area (Å²) < 4.78 is 124. The summed E-state index contributed by atoms with van der Waals surface area (Å²) in [5.41, 5.74) is -11.9. The van der Waals surface area contributed by atoms with E-state index >= 15 is 0 Å². The van der Waals surface area contributed by atoms with Crippen molar-refractivity contribution in [2.24, 2.45) is 0 Å². The van der Waals surface area contributed by atoms with Crippen LogP contribution in [0.3, 0.4) is 0 Å². The van der Waals surface area contributed by atoms with Crippen LogP contribution >= 0.6 is 20.6 Å². The molecule has 6 nitrogen and oxygen atoms in total. The summed E-state index contributed by atoms with van der Waals surface area (Å²) >= 11 is -4.87. The van der Waals surface area contributed by atoms with Gasteiger partial charge in [-0.15, -0.1) is 0 Å². The second kappa shape index (κ2) is 6.69. The normalized spacial score (nSPS) is 14.6. The standard InChI is InChI=1S/C8H5F6IO6S2/c9-7(10,11)22(16,17)20-15(6-4-2-1-3-5-6)21-23(18,19)8(12,13)14/h1-5H. The van der Waals surface area contributed by atoms with Gasteiger partial charge in [-0.3, -0.25) is 0 Å². The molecular formula is C8H5F6IO6S2. The van der Waals surface area contributed by atoms with Crippen LogP contribution in [0, 0.1) is 3.57 Å². The maximum atomic E-state index is 12.3. The van der Waals surface area contributed by atoms with E-state index in [2.05, 4.69) is 5.03 Å². The van der Waals surface area contributed by atoms with Gasteiger partial charge in [0.25, 0.3) is 0 Å². The summed E-state index contributed by atoms with van der Waals surface area (Å²) in [6.07, 6.45) is 0. The van der Waals surface area contributed by atoms with Gasteiger partial charge in [0, 0.05) is 0 Å². The fourth-order valence-corrected chi connectivity index (χ4v) is 8.09. The van der Waals surface area contributed by atoms with Crippen molar-refractivity contribution in [1.82, 2.24) is 0 Å². The molecule has 1 aromatic rings. The SMILES string of the molecule is O=S(=O)(OI(OS(=O)(=O)C(F)(F)F)c1ccccc1)C(F)(F)F. The molecule has 0 spiro atoms. The van der Waals surface area contributed by atoms with Gasteiger partial charge < -0.3 is 0 Å². The van der Waals surface area contributed by atoms with Gasteiger partial charge in [0.2, 0.25) is 0 Å². The van der Waals surface area contributed by atoms with E-state index in [1.807, 2.05) is 0 Å². The van der Waals surface area contributed by atoms with Crippen LogP contribution in [0.25, 0.3) is 0 Å². The Morgan fingerprint density at radius 2 is 1.09 bits per heavy atom. The predicted molar refractivity (Wildman–Crippen MR) is 71.3 cm³/mol. The third kappa shape index (κ3) is 5.16. The first-order chi connectivity index (χ1) is 10.2. The van der Waals surface area contributed by atoms with Gasteiger partial charge in [-0.1, -0.05) is 0 Å². The Morgan fingerprint density at radius 3 is 1.39 bits per heavy atom. The quantitative estimate of drug-likeness (QED) is 0.350. The Bertz CT molecular complexity index is 696. The van der Waals surface area contributed by atoms with Crippen LogP contribution in [-0.4, -0.2) is 27.9 Å². The summed E-state index contributed by atoms with van der Waals surface area (Å²) in [4.78, 5) is 0. The Balaban J connectivity index is 3.26. The molecule has 0 aliphatic rings. The van der Waals surface area contributed by atoms with Crippen molar-refractivity contribution in [3.63, 3.8) is 0 Å². The Kier molecular flexibility index (Phi) is 5.93.